The lowest BCUT2D eigenvalue weighted by Gasteiger charge is -2.52. The molecule has 0 saturated heterocycles. The Morgan fingerprint density at radius 2 is 2.08 bits per heavy atom. The highest BCUT2D eigenvalue weighted by molar-refractivity contribution is 6.30. The second-order valence-electron chi connectivity index (χ2n) is 12.7. The number of aliphatic hydroxyl groups excluding tert-OH is 1. The number of fused-ring (bicyclic) bond motifs is 3. The van der Waals surface area contributed by atoms with Crippen molar-refractivity contribution in [3.8, 4) is 5.75 Å². The maximum atomic E-state index is 13.0. The summed E-state index contributed by atoms with van der Waals surface area (Å²) in [6.07, 6.45) is 6.21. The zero-order valence-electron chi connectivity index (χ0n) is 23.1. The summed E-state index contributed by atoms with van der Waals surface area (Å²) in [7, 11) is 0. The molecule has 1 spiro atoms. The van der Waals surface area contributed by atoms with Gasteiger partial charge in [-0.3, -0.25) is 0 Å². The van der Waals surface area contributed by atoms with Gasteiger partial charge >= 0.3 is 5.97 Å². The van der Waals surface area contributed by atoms with Crippen LogP contribution in [0.2, 0.25) is 5.02 Å². The van der Waals surface area contributed by atoms with Crippen molar-refractivity contribution in [1.29, 1.82) is 0 Å². The molecule has 0 bridgehead atoms. The van der Waals surface area contributed by atoms with Crippen LogP contribution < -0.4 is 9.64 Å². The molecule has 0 unspecified atom stereocenters. The molecule has 204 valence electrons. The topological polar surface area (TPSA) is 59.0 Å². The Bertz CT molecular complexity index is 1240. The van der Waals surface area contributed by atoms with Crippen LogP contribution in [0.3, 0.4) is 0 Å². The number of carbonyl (C=O) groups excluding carboxylic acids is 1. The van der Waals surface area contributed by atoms with Crippen molar-refractivity contribution in [2.75, 3.05) is 24.6 Å². The number of halogens is 1. The number of aliphatic hydroxyl groups is 1. The number of carbonyl (C=O) groups is 1. The van der Waals surface area contributed by atoms with Gasteiger partial charge in [0.1, 0.15) is 11.4 Å². The Labute approximate surface area is 231 Å². The number of ether oxygens (including phenoxy) is 2. The lowest BCUT2D eigenvalue weighted by molar-refractivity contribution is -0.0466. The van der Waals surface area contributed by atoms with Gasteiger partial charge < -0.3 is 19.5 Å². The van der Waals surface area contributed by atoms with E-state index < -0.39 is 11.7 Å². The minimum Gasteiger partial charge on any atom is -0.490 e. The van der Waals surface area contributed by atoms with Crippen molar-refractivity contribution < 1.29 is 19.4 Å². The SMILES string of the molecule is C=C[C@@H](O)[C@@]1(C)CC[C@@H]1CN1C[C@@]2(CCCc3cc(Cl)ccc32)COc2ccc(C(=O)OC(C)(C)C)cc21. The summed E-state index contributed by atoms with van der Waals surface area (Å²) in [5.41, 5.74) is 3.04. The fourth-order valence-electron chi connectivity index (χ4n) is 6.61. The molecule has 5 nitrogen and oxygen atoms in total. The Morgan fingerprint density at radius 3 is 2.76 bits per heavy atom. The molecule has 6 heteroatoms. The van der Waals surface area contributed by atoms with E-state index in [0.717, 1.165) is 61.7 Å². The smallest absolute Gasteiger partial charge is 0.338 e. The van der Waals surface area contributed by atoms with Crippen molar-refractivity contribution in [3.05, 3.63) is 70.8 Å². The number of rotatable bonds is 5. The third kappa shape index (κ3) is 4.96. The standard InChI is InChI=1S/C32H40ClNO4/c1-6-28(35)31(5)15-13-23(31)18-34-19-32(14-7-8-21-16-24(33)10-11-25(21)32)20-37-27-12-9-22(17-26(27)34)29(36)38-30(2,3)4/h6,9-12,16-17,23,28,35H,1,7-8,13-15,18-20H2,2-5H3/t23-,28-,31+,32+/m1/s1. The Morgan fingerprint density at radius 1 is 1.29 bits per heavy atom. The monoisotopic (exact) mass is 537 g/mol. The molecule has 1 aliphatic heterocycles. The molecular weight excluding hydrogens is 498 g/mol. The predicted molar refractivity (Wildman–Crippen MR) is 152 cm³/mol. The van der Waals surface area contributed by atoms with Gasteiger partial charge in [-0.2, -0.15) is 0 Å². The Kier molecular flexibility index (Phi) is 7.06. The molecule has 1 saturated carbocycles. The van der Waals surface area contributed by atoms with Gasteiger partial charge in [0.25, 0.3) is 0 Å². The fourth-order valence-corrected chi connectivity index (χ4v) is 6.80. The molecule has 0 radical (unpaired) electrons. The number of esters is 1. The summed E-state index contributed by atoms with van der Waals surface area (Å²) in [6.45, 7) is 13.7. The Hall–Kier alpha value is -2.50. The molecule has 2 aromatic carbocycles. The van der Waals surface area contributed by atoms with E-state index in [1.165, 1.54) is 11.1 Å². The van der Waals surface area contributed by atoms with Gasteiger partial charge in [0, 0.05) is 28.9 Å². The maximum Gasteiger partial charge on any atom is 0.338 e. The first-order chi connectivity index (χ1) is 17.9. The van der Waals surface area contributed by atoms with E-state index in [1.807, 2.05) is 39.0 Å². The van der Waals surface area contributed by atoms with Gasteiger partial charge in [-0.25, -0.2) is 4.79 Å². The fraction of sp³-hybridized carbons (Fsp3) is 0.531. The molecule has 1 heterocycles. The van der Waals surface area contributed by atoms with Gasteiger partial charge in [-0.05, 0) is 100 Å². The first-order valence-corrected chi connectivity index (χ1v) is 14.2. The molecule has 38 heavy (non-hydrogen) atoms. The average molecular weight is 538 g/mol. The van der Waals surface area contributed by atoms with Crippen LogP contribution in [0.25, 0.3) is 0 Å². The van der Waals surface area contributed by atoms with E-state index in [2.05, 4.69) is 30.5 Å². The molecule has 1 fully saturated rings. The quantitative estimate of drug-likeness (QED) is 0.338. The largest absolute Gasteiger partial charge is 0.490 e. The summed E-state index contributed by atoms with van der Waals surface area (Å²) in [5.74, 6) is 0.727. The van der Waals surface area contributed by atoms with Crippen molar-refractivity contribution >= 4 is 23.3 Å². The number of anilines is 1. The summed E-state index contributed by atoms with van der Waals surface area (Å²) in [6, 6.07) is 11.9. The minimum atomic E-state index is -0.578. The predicted octanol–water partition coefficient (Wildman–Crippen LogP) is 6.73. The molecule has 3 aliphatic rings. The van der Waals surface area contributed by atoms with E-state index in [9.17, 15) is 9.90 Å². The molecule has 0 aromatic heterocycles. The molecule has 0 amide bonds. The zero-order chi connectivity index (χ0) is 27.3. The maximum absolute atomic E-state index is 13.0. The average Bonchev–Trinajstić information content (AvgIpc) is 3.01. The van der Waals surface area contributed by atoms with Crippen molar-refractivity contribution in [3.63, 3.8) is 0 Å². The Balaban J connectivity index is 1.55. The number of hydrogen-bond donors (Lipinski definition) is 1. The third-order valence-corrected chi connectivity index (χ3v) is 9.21. The van der Waals surface area contributed by atoms with Crippen molar-refractivity contribution in [2.45, 2.75) is 76.9 Å². The van der Waals surface area contributed by atoms with Crippen LogP contribution in [0.5, 0.6) is 5.75 Å². The van der Waals surface area contributed by atoms with E-state index >= 15 is 0 Å². The van der Waals surface area contributed by atoms with Crippen LogP contribution in [0.4, 0.5) is 5.69 Å². The lowest BCUT2D eigenvalue weighted by Crippen LogP contribution is -2.53. The van der Waals surface area contributed by atoms with Crippen molar-refractivity contribution in [1.82, 2.24) is 0 Å². The summed E-state index contributed by atoms with van der Waals surface area (Å²) in [4.78, 5) is 15.4. The molecule has 1 N–H and O–H groups in total. The van der Waals surface area contributed by atoms with Crippen LogP contribution in [-0.4, -0.2) is 42.5 Å². The van der Waals surface area contributed by atoms with Crippen LogP contribution in [-0.2, 0) is 16.6 Å². The van der Waals surface area contributed by atoms with Crippen molar-refractivity contribution in [2.24, 2.45) is 11.3 Å². The molecular formula is C32H40ClNO4. The number of hydrogen-bond acceptors (Lipinski definition) is 5. The first kappa shape index (κ1) is 27.1. The van der Waals surface area contributed by atoms with Gasteiger partial charge in [0.05, 0.1) is 24.0 Å². The van der Waals surface area contributed by atoms with Gasteiger partial charge in [-0.15, -0.1) is 6.58 Å². The first-order valence-electron chi connectivity index (χ1n) is 13.8. The van der Waals surface area contributed by atoms with E-state index in [4.69, 9.17) is 21.1 Å². The van der Waals surface area contributed by atoms with Crippen LogP contribution in [0.1, 0.15) is 74.9 Å². The third-order valence-electron chi connectivity index (χ3n) is 8.98. The minimum absolute atomic E-state index is 0.194. The van der Waals surface area contributed by atoms with E-state index in [0.29, 0.717) is 12.2 Å². The zero-order valence-corrected chi connectivity index (χ0v) is 23.8. The normalized spacial score (nSPS) is 27.3. The molecule has 2 aromatic rings. The highest BCUT2D eigenvalue weighted by Crippen LogP contribution is 2.52. The second-order valence-corrected chi connectivity index (χ2v) is 13.1. The number of aryl methyl sites for hydroxylation is 1. The summed E-state index contributed by atoms with van der Waals surface area (Å²) >= 11 is 6.38. The van der Waals surface area contributed by atoms with E-state index in [1.54, 1.807) is 12.1 Å². The molecule has 4 atom stereocenters. The highest BCUT2D eigenvalue weighted by atomic mass is 35.5. The number of benzene rings is 2. The molecule has 2 aliphatic carbocycles. The van der Waals surface area contributed by atoms with Gasteiger partial charge in [0.15, 0.2) is 0 Å². The van der Waals surface area contributed by atoms with Crippen LogP contribution >= 0.6 is 11.6 Å². The highest BCUT2D eigenvalue weighted by Gasteiger charge is 2.49. The second kappa shape index (κ2) is 9.91. The summed E-state index contributed by atoms with van der Waals surface area (Å²) < 4.78 is 12.2. The van der Waals surface area contributed by atoms with Crippen LogP contribution in [0.15, 0.2) is 49.1 Å². The molecule has 5 rings (SSSR count). The summed E-state index contributed by atoms with van der Waals surface area (Å²) in [5, 5.41) is 11.5. The van der Waals surface area contributed by atoms with Crippen LogP contribution in [0, 0.1) is 11.3 Å². The van der Waals surface area contributed by atoms with E-state index in [-0.39, 0.29) is 22.7 Å². The lowest BCUT2D eigenvalue weighted by atomic mass is 9.58. The van der Waals surface area contributed by atoms with Gasteiger partial charge in [0.2, 0.25) is 0 Å². The van der Waals surface area contributed by atoms with Gasteiger partial charge in [-0.1, -0.05) is 30.7 Å². The number of nitrogens with zero attached hydrogens (tertiary/aromatic N) is 1.